The van der Waals surface area contributed by atoms with Gasteiger partial charge in [-0.2, -0.15) is 0 Å². The Morgan fingerprint density at radius 1 is 1.56 bits per heavy atom. The lowest BCUT2D eigenvalue weighted by atomic mass is 10.3. The Balaban J connectivity index is 2.74. The molecule has 0 aliphatic heterocycles. The van der Waals surface area contributed by atoms with E-state index in [-0.39, 0.29) is 5.15 Å². The van der Waals surface area contributed by atoms with Crippen LogP contribution in [0.25, 0.3) is 0 Å². The van der Waals surface area contributed by atoms with Gasteiger partial charge < -0.3 is 10.2 Å². The zero-order chi connectivity index (χ0) is 12.1. The lowest BCUT2D eigenvalue weighted by molar-refractivity contribution is 0.112. The van der Waals surface area contributed by atoms with Gasteiger partial charge in [0.15, 0.2) is 6.29 Å². The van der Waals surface area contributed by atoms with Crippen molar-refractivity contribution >= 4 is 23.7 Å². The smallest absolute Gasteiger partial charge is 0.156 e. The highest BCUT2D eigenvalue weighted by Crippen LogP contribution is 2.17. The summed E-state index contributed by atoms with van der Waals surface area (Å²) in [5.41, 5.74) is 0.301. The first-order valence-corrected chi connectivity index (χ1v) is 5.30. The van der Waals surface area contributed by atoms with Crippen molar-refractivity contribution in [2.45, 2.75) is 13.0 Å². The highest BCUT2D eigenvalue weighted by atomic mass is 35.5. The van der Waals surface area contributed by atoms with Crippen LogP contribution in [0.1, 0.15) is 17.3 Å². The molecule has 16 heavy (non-hydrogen) atoms. The lowest BCUT2D eigenvalue weighted by Crippen LogP contribution is -2.31. The molecule has 1 unspecified atom stereocenters. The number of aromatic nitrogens is 2. The molecule has 0 aliphatic rings. The van der Waals surface area contributed by atoms with E-state index in [0.717, 1.165) is 0 Å². The predicted molar refractivity (Wildman–Crippen MR) is 64.1 cm³/mol. The molecule has 0 radical (unpaired) electrons. The van der Waals surface area contributed by atoms with Crippen LogP contribution in [0.3, 0.4) is 0 Å². The highest BCUT2D eigenvalue weighted by molar-refractivity contribution is 6.32. The number of hydrogen-bond donors (Lipinski definition) is 1. The van der Waals surface area contributed by atoms with Crippen molar-refractivity contribution in [3.05, 3.63) is 17.0 Å². The van der Waals surface area contributed by atoms with Gasteiger partial charge in [-0.3, -0.25) is 4.79 Å². The molecule has 1 rings (SSSR count). The molecular formula is C10H15ClN4O. The second-order valence-electron chi connectivity index (χ2n) is 3.74. The van der Waals surface area contributed by atoms with Crippen LogP contribution >= 0.6 is 11.6 Å². The number of carbonyl (C=O) groups is 1. The Bertz CT molecular complexity index is 370. The Morgan fingerprint density at radius 2 is 2.25 bits per heavy atom. The number of likely N-dealkylation sites (N-methyl/N-ethyl adjacent to an activating group) is 1. The van der Waals surface area contributed by atoms with Gasteiger partial charge in [-0.1, -0.05) is 11.6 Å². The molecular weight excluding hydrogens is 228 g/mol. The van der Waals surface area contributed by atoms with Crippen molar-refractivity contribution in [3.63, 3.8) is 0 Å². The maximum Gasteiger partial charge on any atom is 0.156 e. The Kier molecular flexibility index (Phi) is 4.64. The fraction of sp³-hybridized carbons (Fsp3) is 0.500. The van der Waals surface area contributed by atoms with Gasteiger partial charge in [-0.15, -0.1) is 0 Å². The van der Waals surface area contributed by atoms with Crippen LogP contribution in [-0.2, 0) is 0 Å². The van der Waals surface area contributed by atoms with Crippen molar-refractivity contribution in [2.24, 2.45) is 0 Å². The number of carbonyl (C=O) groups excluding carboxylic acids is 1. The van der Waals surface area contributed by atoms with Crippen molar-refractivity contribution in [3.8, 4) is 0 Å². The molecule has 0 spiro atoms. The molecule has 0 amide bonds. The summed E-state index contributed by atoms with van der Waals surface area (Å²) < 4.78 is 0. The van der Waals surface area contributed by atoms with Crippen molar-refractivity contribution in [2.75, 3.05) is 26.0 Å². The van der Waals surface area contributed by atoms with Gasteiger partial charge in [0.1, 0.15) is 17.3 Å². The van der Waals surface area contributed by atoms with Gasteiger partial charge >= 0.3 is 0 Å². The standard InChI is InChI=1S/C10H15ClN4O/c1-7(15(2)3)4-12-10-8(5-16)9(11)13-6-14-10/h5-7H,4H2,1-3H3,(H,12,13,14). The van der Waals surface area contributed by atoms with Gasteiger partial charge in [0, 0.05) is 12.6 Å². The zero-order valence-corrected chi connectivity index (χ0v) is 10.3. The maximum atomic E-state index is 10.8. The summed E-state index contributed by atoms with van der Waals surface area (Å²) in [6, 6.07) is 0.327. The normalized spacial score (nSPS) is 12.6. The third-order valence-electron chi connectivity index (χ3n) is 2.40. The molecule has 0 bridgehead atoms. The summed E-state index contributed by atoms with van der Waals surface area (Å²) in [6.45, 7) is 2.75. The average Bonchev–Trinajstić information content (AvgIpc) is 2.25. The topological polar surface area (TPSA) is 58.1 Å². The number of hydrogen-bond acceptors (Lipinski definition) is 5. The second-order valence-corrected chi connectivity index (χ2v) is 4.10. The van der Waals surface area contributed by atoms with Crippen LogP contribution in [0.4, 0.5) is 5.82 Å². The average molecular weight is 243 g/mol. The molecule has 0 saturated carbocycles. The number of aldehydes is 1. The van der Waals surface area contributed by atoms with E-state index in [1.54, 1.807) is 0 Å². The van der Waals surface area contributed by atoms with E-state index in [0.29, 0.717) is 30.3 Å². The zero-order valence-electron chi connectivity index (χ0n) is 9.57. The first-order chi connectivity index (χ1) is 7.56. The number of nitrogens with one attached hydrogen (secondary N) is 1. The van der Waals surface area contributed by atoms with Gasteiger partial charge in [0.25, 0.3) is 0 Å². The third kappa shape index (κ3) is 3.15. The largest absolute Gasteiger partial charge is 0.368 e. The minimum Gasteiger partial charge on any atom is -0.368 e. The van der Waals surface area contributed by atoms with E-state index in [2.05, 4.69) is 27.1 Å². The fourth-order valence-electron chi connectivity index (χ4n) is 1.05. The Hall–Kier alpha value is -1.20. The minimum absolute atomic E-state index is 0.171. The predicted octanol–water partition coefficient (Wildman–Crippen LogP) is 1.30. The lowest BCUT2D eigenvalue weighted by Gasteiger charge is -2.20. The molecule has 1 atom stereocenters. The fourth-order valence-corrected chi connectivity index (χ4v) is 1.22. The first-order valence-electron chi connectivity index (χ1n) is 4.92. The highest BCUT2D eigenvalue weighted by Gasteiger charge is 2.10. The van der Waals surface area contributed by atoms with Gasteiger partial charge in [0.05, 0.1) is 5.56 Å². The van der Waals surface area contributed by atoms with E-state index in [1.165, 1.54) is 6.33 Å². The number of rotatable bonds is 5. The summed E-state index contributed by atoms with van der Waals surface area (Å²) >= 11 is 5.77. The molecule has 1 aromatic heterocycles. The van der Waals surface area contributed by atoms with Gasteiger partial charge in [0.2, 0.25) is 0 Å². The second kappa shape index (κ2) is 5.77. The van der Waals surface area contributed by atoms with E-state index in [1.807, 2.05) is 14.1 Å². The summed E-state index contributed by atoms with van der Waals surface area (Å²) in [5.74, 6) is 0.476. The van der Waals surface area contributed by atoms with Crippen LogP contribution in [0.2, 0.25) is 5.15 Å². The Morgan fingerprint density at radius 3 is 2.81 bits per heavy atom. The van der Waals surface area contributed by atoms with Crippen LogP contribution in [-0.4, -0.2) is 47.8 Å². The first kappa shape index (κ1) is 12.9. The molecule has 0 saturated heterocycles. The summed E-state index contributed by atoms with van der Waals surface area (Å²) in [6.07, 6.45) is 1.99. The van der Waals surface area contributed by atoms with Gasteiger partial charge in [-0.05, 0) is 21.0 Å². The minimum atomic E-state index is 0.171. The van der Waals surface area contributed by atoms with Crippen LogP contribution in [0.5, 0.6) is 0 Å². The molecule has 1 heterocycles. The van der Waals surface area contributed by atoms with E-state index in [9.17, 15) is 4.79 Å². The van der Waals surface area contributed by atoms with Crippen LogP contribution < -0.4 is 5.32 Å². The monoisotopic (exact) mass is 242 g/mol. The molecule has 88 valence electrons. The third-order valence-corrected chi connectivity index (χ3v) is 2.70. The van der Waals surface area contributed by atoms with Crippen molar-refractivity contribution in [1.82, 2.24) is 14.9 Å². The molecule has 0 aliphatic carbocycles. The molecule has 0 fully saturated rings. The summed E-state index contributed by atoms with van der Waals surface area (Å²) in [5, 5.41) is 3.25. The quantitative estimate of drug-likeness (QED) is 0.623. The molecule has 0 aromatic carbocycles. The Labute approximate surface area is 99.8 Å². The number of nitrogens with zero attached hydrogens (tertiary/aromatic N) is 3. The number of halogens is 1. The van der Waals surface area contributed by atoms with E-state index in [4.69, 9.17) is 11.6 Å². The maximum absolute atomic E-state index is 10.8. The van der Waals surface area contributed by atoms with Crippen LogP contribution in [0, 0.1) is 0 Å². The van der Waals surface area contributed by atoms with Crippen molar-refractivity contribution < 1.29 is 4.79 Å². The summed E-state index contributed by atoms with van der Waals surface area (Å²) in [4.78, 5) is 20.6. The molecule has 6 heteroatoms. The van der Waals surface area contributed by atoms with E-state index >= 15 is 0 Å². The molecule has 1 N–H and O–H groups in total. The van der Waals surface area contributed by atoms with Crippen molar-refractivity contribution in [1.29, 1.82) is 0 Å². The van der Waals surface area contributed by atoms with E-state index < -0.39 is 0 Å². The SMILES string of the molecule is CC(CNc1ncnc(Cl)c1C=O)N(C)C. The molecule has 1 aromatic rings. The summed E-state index contributed by atoms with van der Waals surface area (Å²) in [7, 11) is 3.97. The molecule has 5 nitrogen and oxygen atoms in total. The number of anilines is 1. The van der Waals surface area contributed by atoms with Gasteiger partial charge in [-0.25, -0.2) is 9.97 Å². The van der Waals surface area contributed by atoms with Crippen LogP contribution in [0.15, 0.2) is 6.33 Å².